The van der Waals surface area contributed by atoms with Crippen molar-refractivity contribution in [2.24, 2.45) is 0 Å². The molecule has 1 heterocycles. The van der Waals surface area contributed by atoms with Gasteiger partial charge in [0.05, 0.1) is 11.3 Å². The van der Waals surface area contributed by atoms with Crippen molar-refractivity contribution in [2.45, 2.75) is 13.1 Å². The maximum absolute atomic E-state index is 14.0. The van der Waals surface area contributed by atoms with Crippen LogP contribution in [0.1, 0.15) is 27.2 Å². The molecule has 1 radical (unpaired) electrons. The molecule has 4 nitrogen and oxygen atoms in total. The molecule has 3 aromatic rings. The first kappa shape index (κ1) is 24.3. The molecule has 0 bridgehead atoms. The van der Waals surface area contributed by atoms with Crippen LogP contribution in [0.25, 0.3) is 5.69 Å². The number of aromatic hydroxyl groups is 1. The van der Waals surface area contributed by atoms with Gasteiger partial charge in [0.2, 0.25) is 11.7 Å². The number of hydrogen-bond donors (Lipinski definition) is 1. The molecule has 2 aromatic carbocycles. The van der Waals surface area contributed by atoms with Gasteiger partial charge in [-0.15, -0.1) is 0 Å². The predicted octanol–water partition coefficient (Wildman–Crippen LogP) is 4.83. The maximum Gasteiger partial charge on any atom is 0.416 e. The van der Waals surface area contributed by atoms with Gasteiger partial charge in [0.15, 0.2) is 29.1 Å². The summed E-state index contributed by atoms with van der Waals surface area (Å²) in [7, 11) is 0. The molecule has 165 valence electrons. The minimum Gasteiger partial charge on any atom is -0.493 e. The molecular weight excluding hydrogens is 483 g/mol. The van der Waals surface area contributed by atoms with Crippen molar-refractivity contribution in [3.05, 3.63) is 75.7 Å². The van der Waals surface area contributed by atoms with Crippen LogP contribution in [0.2, 0.25) is 0 Å². The Labute approximate surface area is 178 Å². The second-order valence-electron chi connectivity index (χ2n) is 6.02. The molecular formula is C18H8F8MnN2O2. The van der Waals surface area contributed by atoms with E-state index in [0.717, 1.165) is 19.1 Å². The van der Waals surface area contributed by atoms with E-state index in [4.69, 9.17) is 0 Å². The summed E-state index contributed by atoms with van der Waals surface area (Å²) in [5, 5.41) is 13.7. The van der Waals surface area contributed by atoms with Crippen molar-refractivity contribution in [2.75, 3.05) is 0 Å². The molecule has 31 heavy (non-hydrogen) atoms. The molecule has 0 aliphatic rings. The summed E-state index contributed by atoms with van der Waals surface area (Å²) in [6, 6.07) is 2.77. The van der Waals surface area contributed by atoms with Crippen LogP contribution in [0, 0.1) is 36.0 Å². The standard InChI is InChI=1S/C18H8F8N2O2.Mn/c1-6-9(16(29)7-2-4-8(5-3-7)18(24,25)26)17(30)28(27-6)15-13(22)11(20)10(19)12(21)14(15)23;/h2-5,30H,1H3;. The molecule has 0 fully saturated rings. The number of rotatable bonds is 3. The average molecular weight is 491 g/mol. The van der Waals surface area contributed by atoms with Gasteiger partial charge in [-0.2, -0.15) is 23.0 Å². The molecule has 0 amide bonds. The topological polar surface area (TPSA) is 55.1 Å². The van der Waals surface area contributed by atoms with Crippen LogP contribution < -0.4 is 0 Å². The number of benzene rings is 2. The van der Waals surface area contributed by atoms with Crippen molar-refractivity contribution in [1.82, 2.24) is 9.78 Å². The molecule has 0 atom stereocenters. The fraction of sp³-hybridized carbons (Fsp3) is 0.111. The maximum atomic E-state index is 14.0. The summed E-state index contributed by atoms with van der Waals surface area (Å²) in [4.78, 5) is 12.6. The van der Waals surface area contributed by atoms with Gasteiger partial charge in [-0.05, 0) is 19.1 Å². The predicted molar refractivity (Wildman–Crippen MR) is 84.6 cm³/mol. The molecule has 0 unspecified atom stereocenters. The number of aryl methyl sites for hydroxylation is 1. The fourth-order valence-corrected chi connectivity index (χ4v) is 2.67. The van der Waals surface area contributed by atoms with Crippen LogP contribution in [0.4, 0.5) is 35.1 Å². The van der Waals surface area contributed by atoms with Crippen molar-refractivity contribution in [3.8, 4) is 11.6 Å². The Morgan fingerprint density at radius 2 is 1.35 bits per heavy atom. The zero-order valence-electron chi connectivity index (χ0n) is 15.0. The smallest absolute Gasteiger partial charge is 0.416 e. The van der Waals surface area contributed by atoms with Crippen LogP contribution in [0.15, 0.2) is 24.3 Å². The Hall–Kier alpha value is -2.92. The van der Waals surface area contributed by atoms with E-state index in [1.807, 2.05) is 0 Å². The Kier molecular flexibility index (Phi) is 6.53. The third-order valence-electron chi connectivity index (χ3n) is 4.14. The summed E-state index contributed by atoms with van der Waals surface area (Å²) in [6.07, 6.45) is -4.67. The summed E-state index contributed by atoms with van der Waals surface area (Å²) in [5.74, 6) is -14.0. The summed E-state index contributed by atoms with van der Waals surface area (Å²) < 4.78 is 106. The number of alkyl halides is 3. The van der Waals surface area contributed by atoms with E-state index in [9.17, 15) is 45.0 Å². The van der Waals surface area contributed by atoms with Crippen LogP contribution in [-0.4, -0.2) is 20.7 Å². The molecule has 0 saturated heterocycles. The number of nitrogens with zero attached hydrogens (tertiary/aromatic N) is 2. The molecule has 0 aliphatic heterocycles. The molecule has 13 heteroatoms. The summed E-state index contributed by atoms with van der Waals surface area (Å²) in [6.45, 7) is 1.08. The Morgan fingerprint density at radius 3 is 1.81 bits per heavy atom. The van der Waals surface area contributed by atoms with Crippen molar-refractivity contribution < 1.29 is 62.1 Å². The van der Waals surface area contributed by atoms with Gasteiger partial charge in [0.1, 0.15) is 11.3 Å². The number of ketones is 1. The van der Waals surface area contributed by atoms with Crippen LogP contribution in [0.5, 0.6) is 5.88 Å². The van der Waals surface area contributed by atoms with Crippen molar-refractivity contribution in [1.29, 1.82) is 0 Å². The molecule has 0 saturated carbocycles. The van der Waals surface area contributed by atoms with E-state index < -0.39 is 63.7 Å². The van der Waals surface area contributed by atoms with Gasteiger partial charge < -0.3 is 5.11 Å². The number of carbonyl (C=O) groups excluding carboxylic acids is 1. The third-order valence-corrected chi connectivity index (χ3v) is 4.14. The Balaban J connectivity index is 0.00000341. The summed E-state index contributed by atoms with van der Waals surface area (Å²) >= 11 is 0. The van der Waals surface area contributed by atoms with Gasteiger partial charge >= 0.3 is 6.18 Å². The Morgan fingerprint density at radius 1 is 0.903 bits per heavy atom. The number of carbonyl (C=O) groups is 1. The van der Waals surface area contributed by atoms with Crippen LogP contribution in [0.3, 0.4) is 0 Å². The quantitative estimate of drug-likeness (QED) is 0.188. The zero-order valence-corrected chi connectivity index (χ0v) is 16.1. The Bertz CT molecular complexity index is 1140. The number of hydrogen-bond acceptors (Lipinski definition) is 3. The minimum absolute atomic E-state index is 0. The van der Waals surface area contributed by atoms with Crippen molar-refractivity contribution >= 4 is 5.78 Å². The average Bonchev–Trinajstić information content (AvgIpc) is 2.98. The van der Waals surface area contributed by atoms with E-state index >= 15 is 0 Å². The normalized spacial score (nSPS) is 11.4. The largest absolute Gasteiger partial charge is 0.493 e. The van der Waals surface area contributed by atoms with Gasteiger partial charge in [0.25, 0.3) is 0 Å². The minimum atomic E-state index is -4.67. The zero-order chi connectivity index (χ0) is 22.5. The van der Waals surface area contributed by atoms with Gasteiger partial charge in [0, 0.05) is 22.6 Å². The monoisotopic (exact) mass is 491 g/mol. The van der Waals surface area contributed by atoms with E-state index in [0.29, 0.717) is 12.1 Å². The third kappa shape index (κ3) is 4.02. The van der Waals surface area contributed by atoms with Gasteiger partial charge in [-0.25, -0.2) is 22.0 Å². The van der Waals surface area contributed by atoms with E-state index in [2.05, 4.69) is 5.10 Å². The van der Waals surface area contributed by atoms with Crippen molar-refractivity contribution in [3.63, 3.8) is 0 Å². The first-order valence-electron chi connectivity index (χ1n) is 7.88. The summed E-state index contributed by atoms with van der Waals surface area (Å²) in [5.41, 5.74) is -4.10. The number of halogens is 8. The van der Waals surface area contributed by atoms with Gasteiger partial charge in [-0.3, -0.25) is 4.79 Å². The van der Waals surface area contributed by atoms with E-state index in [1.54, 1.807) is 0 Å². The van der Waals surface area contributed by atoms with E-state index in [-0.39, 0.29) is 33.0 Å². The molecule has 3 rings (SSSR count). The second-order valence-corrected chi connectivity index (χ2v) is 6.02. The molecule has 0 aliphatic carbocycles. The van der Waals surface area contributed by atoms with Crippen LogP contribution in [-0.2, 0) is 23.2 Å². The molecule has 0 spiro atoms. The first-order valence-corrected chi connectivity index (χ1v) is 7.88. The van der Waals surface area contributed by atoms with E-state index in [1.165, 1.54) is 0 Å². The van der Waals surface area contributed by atoms with Gasteiger partial charge in [-0.1, -0.05) is 12.1 Å². The SMILES string of the molecule is Cc1nn(-c2c(F)c(F)c(F)c(F)c2F)c(O)c1C(=O)c1ccc(C(F)(F)F)cc1.[Mn]. The van der Waals surface area contributed by atoms with Crippen LogP contribution >= 0.6 is 0 Å². The molecule has 1 N–H and O–H groups in total. The molecule has 1 aromatic heterocycles. The number of aromatic nitrogens is 2. The first-order chi connectivity index (χ1) is 13.9. The fourth-order valence-electron chi connectivity index (χ4n) is 2.67. The second kappa shape index (κ2) is 8.31.